The van der Waals surface area contributed by atoms with E-state index in [0.717, 1.165) is 0 Å². The number of nitrogens with zero attached hydrogens (tertiary/aromatic N) is 1. The van der Waals surface area contributed by atoms with E-state index in [2.05, 4.69) is 9.99 Å². The van der Waals surface area contributed by atoms with E-state index in [0.29, 0.717) is 5.56 Å². The molecular weight excluding hydrogens is 353 g/mol. The summed E-state index contributed by atoms with van der Waals surface area (Å²) in [6.07, 6.45) is -5.33. The molecule has 0 aliphatic carbocycles. The average molecular weight is 361 g/mol. The number of halogens is 6. The molecule has 0 radical (unpaired) electrons. The second-order valence-corrected chi connectivity index (χ2v) is 4.98. The lowest BCUT2D eigenvalue weighted by molar-refractivity contribution is -0.138. The second-order valence-electron chi connectivity index (χ2n) is 3.65. The molecule has 114 valence electrons. The molecule has 0 aromatic heterocycles. The molecule has 0 saturated heterocycles. The number of benzene rings is 1. The monoisotopic (exact) mass is 359 g/mol. The topological polar surface area (TPSA) is 38.7 Å². The predicted molar refractivity (Wildman–Crippen MR) is 74.3 cm³/mol. The number of rotatable bonds is 4. The van der Waals surface area contributed by atoms with Crippen molar-refractivity contribution < 1.29 is 22.8 Å². The Morgan fingerprint density at radius 3 is 2.19 bits per heavy atom. The van der Waals surface area contributed by atoms with Crippen molar-refractivity contribution in [3.05, 3.63) is 45.4 Å². The van der Waals surface area contributed by atoms with Crippen molar-refractivity contribution >= 4 is 46.5 Å². The van der Waals surface area contributed by atoms with Crippen LogP contribution in [0.2, 0.25) is 0 Å². The highest BCUT2D eigenvalue weighted by Crippen LogP contribution is 2.22. The maximum atomic E-state index is 12.8. The van der Waals surface area contributed by atoms with Gasteiger partial charge in [0.2, 0.25) is 0 Å². The summed E-state index contributed by atoms with van der Waals surface area (Å²) >= 11 is 15.7. The fourth-order valence-corrected chi connectivity index (χ4v) is 1.38. The third kappa shape index (κ3) is 5.95. The number of alkyl halides is 3. The van der Waals surface area contributed by atoms with Crippen LogP contribution in [0.5, 0.6) is 0 Å². The molecule has 0 atom stereocenters. The molecule has 0 heterocycles. The highest BCUT2D eigenvalue weighted by atomic mass is 35.5. The first-order valence-electron chi connectivity index (χ1n) is 5.32. The van der Waals surface area contributed by atoms with Crippen LogP contribution in [-0.4, -0.2) is 17.9 Å². The average Bonchev–Trinajstić information content (AvgIpc) is 2.41. The molecule has 0 N–H and O–H groups in total. The lowest BCUT2D eigenvalue weighted by Gasteiger charge is -2.09. The van der Waals surface area contributed by atoms with Crippen molar-refractivity contribution in [2.45, 2.75) is 12.6 Å². The van der Waals surface area contributed by atoms with Crippen LogP contribution in [0.3, 0.4) is 0 Å². The summed E-state index contributed by atoms with van der Waals surface area (Å²) in [5.41, 5.74) is -0.946. The molecule has 9 heteroatoms. The third-order valence-electron chi connectivity index (χ3n) is 2.13. The normalized spacial score (nSPS) is 12.0. The molecule has 0 spiro atoms. The van der Waals surface area contributed by atoms with Crippen molar-refractivity contribution in [3.8, 4) is 0 Å². The SMILES string of the molecule is O=C(ON=C(Cc1ccccc1)C(F)(F)F)C(Cl)=C(Cl)Cl. The van der Waals surface area contributed by atoms with E-state index < -0.39 is 33.8 Å². The summed E-state index contributed by atoms with van der Waals surface area (Å²) in [6.45, 7) is 0. The molecule has 3 nitrogen and oxygen atoms in total. The van der Waals surface area contributed by atoms with Gasteiger partial charge in [-0.3, -0.25) is 0 Å². The van der Waals surface area contributed by atoms with Gasteiger partial charge in [0.15, 0.2) is 10.7 Å². The summed E-state index contributed by atoms with van der Waals surface area (Å²) in [5, 5.41) is 2.04. The summed E-state index contributed by atoms with van der Waals surface area (Å²) in [4.78, 5) is 15.3. The Hall–Kier alpha value is -1.24. The fraction of sp³-hybridized carbons (Fsp3) is 0.167. The predicted octanol–water partition coefficient (Wildman–Crippen LogP) is 4.58. The van der Waals surface area contributed by atoms with Crippen LogP contribution in [0, 0.1) is 0 Å². The smallest absolute Gasteiger partial charge is 0.311 e. The standard InChI is InChI=1S/C12H7Cl3F3NO2/c13-9(10(14)15)11(20)21-19-8(12(16,17)18)6-7-4-2-1-3-5-7/h1-5H,6H2. The first-order valence-corrected chi connectivity index (χ1v) is 6.45. The molecule has 1 rings (SSSR count). The molecule has 0 amide bonds. The zero-order valence-corrected chi connectivity index (χ0v) is 12.4. The van der Waals surface area contributed by atoms with E-state index in [1.807, 2.05) is 0 Å². The van der Waals surface area contributed by atoms with Crippen LogP contribution >= 0.6 is 34.8 Å². The van der Waals surface area contributed by atoms with E-state index >= 15 is 0 Å². The molecule has 0 saturated carbocycles. The fourth-order valence-electron chi connectivity index (χ4n) is 1.19. The molecule has 21 heavy (non-hydrogen) atoms. The number of oxime groups is 1. The summed E-state index contributed by atoms with van der Waals surface area (Å²) in [5.74, 6) is -1.38. The first-order chi connectivity index (χ1) is 9.71. The first kappa shape index (κ1) is 17.8. The Morgan fingerprint density at radius 1 is 1.14 bits per heavy atom. The van der Waals surface area contributed by atoms with E-state index in [1.165, 1.54) is 12.1 Å². The van der Waals surface area contributed by atoms with Gasteiger partial charge in [0.25, 0.3) is 0 Å². The largest absolute Gasteiger partial charge is 0.433 e. The van der Waals surface area contributed by atoms with Crippen LogP contribution in [-0.2, 0) is 16.1 Å². The minimum Gasteiger partial charge on any atom is -0.311 e. The van der Waals surface area contributed by atoms with Gasteiger partial charge in [-0.2, -0.15) is 13.2 Å². The van der Waals surface area contributed by atoms with Gasteiger partial charge in [0.1, 0.15) is 4.49 Å². The van der Waals surface area contributed by atoms with Crippen LogP contribution in [0.15, 0.2) is 45.0 Å². The highest BCUT2D eigenvalue weighted by Gasteiger charge is 2.36. The highest BCUT2D eigenvalue weighted by molar-refractivity contribution is 6.62. The minimum absolute atomic E-state index is 0.349. The van der Waals surface area contributed by atoms with E-state index in [-0.39, 0.29) is 0 Å². The number of hydrogen-bond acceptors (Lipinski definition) is 3. The molecular formula is C12H7Cl3F3NO2. The number of hydrogen-bond donors (Lipinski definition) is 0. The Balaban J connectivity index is 2.92. The van der Waals surface area contributed by atoms with Crippen LogP contribution in [0.1, 0.15) is 5.56 Å². The number of carbonyl (C=O) groups is 1. The molecule has 0 bridgehead atoms. The van der Waals surface area contributed by atoms with Crippen molar-refractivity contribution in [1.29, 1.82) is 0 Å². The quantitative estimate of drug-likeness (QED) is 0.341. The van der Waals surface area contributed by atoms with Gasteiger partial charge in [-0.15, -0.1) is 0 Å². The van der Waals surface area contributed by atoms with Gasteiger partial charge in [0.05, 0.1) is 0 Å². The Morgan fingerprint density at radius 2 is 1.71 bits per heavy atom. The van der Waals surface area contributed by atoms with Crippen molar-refractivity contribution in [1.82, 2.24) is 0 Å². The van der Waals surface area contributed by atoms with E-state index in [4.69, 9.17) is 34.8 Å². The molecule has 1 aromatic carbocycles. The molecule has 0 unspecified atom stereocenters. The molecule has 0 fully saturated rings. The van der Waals surface area contributed by atoms with Crippen LogP contribution in [0.4, 0.5) is 13.2 Å². The summed E-state index contributed by atoms with van der Waals surface area (Å²) < 4.78 is 37.8. The maximum absolute atomic E-state index is 12.8. The lowest BCUT2D eigenvalue weighted by Crippen LogP contribution is -2.26. The van der Waals surface area contributed by atoms with Crippen molar-refractivity contribution in [3.63, 3.8) is 0 Å². The number of carbonyl (C=O) groups excluding carboxylic acids is 1. The van der Waals surface area contributed by atoms with Crippen molar-refractivity contribution in [2.24, 2.45) is 5.16 Å². The van der Waals surface area contributed by atoms with Crippen LogP contribution in [0.25, 0.3) is 0 Å². The van der Waals surface area contributed by atoms with E-state index in [1.54, 1.807) is 18.2 Å². The Bertz CT molecular complexity index is 567. The second kappa shape index (κ2) is 7.68. The van der Waals surface area contributed by atoms with Gasteiger partial charge >= 0.3 is 12.1 Å². The van der Waals surface area contributed by atoms with Gasteiger partial charge < -0.3 is 4.84 Å². The van der Waals surface area contributed by atoms with Gasteiger partial charge in [-0.1, -0.05) is 70.3 Å². The zero-order chi connectivity index (χ0) is 16.0. The van der Waals surface area contributed by atoms with Gasteiger partial charge in [-0.25, -0.2) is 4.79 Å². The van der Waals surface area contributed by atoms with Gasteiger partial charge in [-0.05, 0) is 5.56 Å². The Kier molecular flexibility index (Phi) is 6.51. The summed E-state index contributed by atoms with van der Waals surface area (Å²) in [6, 6.07) is 7.75. The Labute approximate surface area is 132 Å². The minimum atomic E-state index is -4.77. The maximum Gasteiger partial charge on any atom is 0.433 e. The molecule has 1 aromatic rings. The van der Waals surface area contributed by atoms with E-state index in [9.17, 15) is 18.0 Å². The molecule has 0 aliphatic heterocycles. The zero-order valence-electron chi connectivity index (χ0n) is 10.1. The lowest BCUT2D eigenvalue weighted by atomic mass is 10.1. The van der Waals surface area contributed by atoms with Crippen LogP contribution < -0.4 is 0 Å². The van der Waals surface area contributed by atoms with Crippen molar-refractivity contribution in [2.75, 3.05) is 0 Å². The van der Waals surface area contributed by atoms with Gasteiger partial charge in [0, 0.05) is 6.42 Å². The third-order valence-corrected chi connectivity index (χ3v) is 3.04. The summed E-state index contributed by atoms with van der Waals surface area (Å²) in [7, 11) is 0. The molecule has 0 aliphatic rings.